The molecule has 0 heterocycles. The van der Waals surface area contributed by atoms with Gasteiger partial charge >= 0.3 is 0 Å². The summed E-state index contributed by atoms with van der Waals surface area (Å²) < 4.78 is 13.3. The zero-order valence-corrected chi connectivity index (χ0v) is 17.5. The van der Waals surface area contributed by atoms with Gasteiger partial charge in [0.1, 0.15) is 11.2 Å². The average molecular weight is 417 g/mol. The SMILES string of the molecule is CC(C)C(=O)C(CC(=O)c1ccc(F)cc1)(C(=O)Nc1ccccc1)c1ccccc1. The second kappa shape index (κ2) is 9.47. The third-order valence-corrected chi connectivity index (χ3v) is 5.22. The highest BCUT2D eigenvalue weighted by atomic mass is 19.1. The van der Waals surface area contributed by atoms with Crippen molar-refractivity contribution in [3.63, 3.8) is 0 Å². The van der Waals surface area contributed by atoms with E-state index in [1.807, 2.05) is 6.07 Å². The van der Waals surface area contributed by atoms with Gasteiger partial charge in [0.2, 0.25) is 5.91 Å². The van der Waals surface area contributed by atoms with Crippen LogP contribution in [-0.2, 0) is 15.0 Å². The first-order valence-corrected chi connectivity index (χ1v) is 10.1. The molecule has 1 atom stereocenters. The molecule has 0 bridgehead atoms. The maximum Gasteiger partial charge on any atom is 0.243 e. The van der Waals surface area contributed by atoms with E-state index >= 15 is 0 Å². The van der Waals surface area contributed by atoms with Gasteiger partial charge in [0.25, 0.3) is 0 Å². The summed E-state index contributed by atoms with van der Waals surface area (Å²) >= 11 is 0. The van der Waals surface area contributed by atoms with Gasteiger partial charge in [0, 0.05) is 23.6 Å². The molecule has 1 unspecified atom stereocenters. The van der Waals surface area contributed by atoms with Crippen LogP contribution in [0.1, 0.15) is 36.2 Å². The second-order valence-electron chi connectivity index (χ2n) is 7.72. The molecule has 0 aliphatic carbocycles. The number of ketones is 2. The van der Waals surface area contributed by atoms with E-state index in [-0.39, 0.29) is 17.8 Å². The summed E-state index contributed by atoms with van der Waals surface area (Å²) in [6.07, 6.45) is -0.363. The lowest BCUT2D eigenvalue weighted by Gasteiger charge is -2.32. The molecule has 1 amide bonds. The highest BCUT2D eigenvalue weighted by molar-refractivity contribution is 6.20. The summed E-state index contributed by atoms with van der Waals surface area (Å²) in [5.74, 6) is -2.31. The minimum atomic E-state index is -1.73. The predicted molar refractivity (Wildman–Crippen MR) is 118 cm³/mol. The van der Waals surface area contributed by atoms with Crippen LogP contribution in [-0.4, -0.2) is 17.5 Å². The Morgan fingerprint density at radius 2 is 1.39 bits per heavy atom. The number of para-hydroxylation sites is 1. The normalized spacial score (nSPS) is 12.8. The number of carbonyl (C=O) groups is 3. The number of Topliss-reactive ketones (excluding diaryl/α,β-unsaturated/α-hetero) is 2. The topological polar surface area (TPSA) is 63.2 Å². The predicted octanol–water partition coefficient (Wildman–Crippen LogP) is 5.20. The molecule has 0 aromatic heterocycles. The van der Waals surface area contributed by atoms with Gasteiger partial charge in [-0.15, -0.1) is 0 Å². The first-order chi connectivity index (χ1) is 14.8. The quantitative estimate of drug-likeness (QED) is 0.405. The molecule has 0 aliphatic heterocycles. The van der Waals surface area contributed by atoms with Crippen molar-refractivity contribution in [2.45, 2.75) is 25.7 Å². The maximum atomic E-state index is 13.7. The highest BCUT2D eigenvalue weighted by Crippen LogP contribution is 2.35. The van der Waals surface area contributed by atoms with Crippen LogP contribution in [0.5, 0.6) is 0 Å². The molecular weight excluding hydrogens is 393 g/mol. The van der Waals surface area contributed by atoms with Crippen LogP contribution in [0.25, 0.3) is 0 Å². The molecule has 0 spiro atoms. The fourth-order valence-electron chi connectivity index (χ4n) is 3.61. The van der Waals surface area contributed by atoms with Gasteiger partial charge in [-0.05, 0) is 42.0 Å². The van der Waals surface area contributed by atoms with E-state index in [2.05, 4.69) is 5.32 Å². The fourth-order valence-corrected chi connectivity index (χ4v) is 3.61. The molecule has 31 heavy (non-hydrogen) atoms. The summed E-state index contributed by atoms with van der Waals surface area (Å²) in [6.45, 7) is 3.41. The minimum Gasteiger partial charge on any atom is -0.325 e. The summed E-state index contributed by atoms with van der Waals surface area (Å²) in [6, 6.07) is 22.5. The van der Waals surface area contributed by atoms with Crippen molar-refractivity contribution >= 4 is 23.2 Å². The molecule has 0 saturated heterocycles. The number of hydrogen-bond acceptors (Lipinski definition) is 3. The number of carbonyl (C=O) groups excluding carboxylic acids is 3. The van der Waals surface area contributed by atoms with E-state index < -0.39 is 28.8 Å². The zero-order chi connectivity index (χ0) is 22.4. The molecule has 1 N–H and O–H groups in total. The Hall–Kier alpha value is -3.60. The molecule has 0 saturated carbocycles. The molecule has 0 aliphatic rings. The lowest BCUT2D eigenvalue weighted by Crippen LogP contribution is -2.50. The molecule has 0 radical (unpaired) electrons. The van der Waals surface area contributed by atoms with Crippen molar-refractivity contribution in [2.24, 2.45) is 5.92 Å². The number of halogens is 1. The van der Waals surface area contributed by atoms with Gasteiger partial charge in [-0.25, -0.2) is 4.39 Å². The molecule has 5 heteroatoms. The number of amides is 1. The van der Waals surface area contributed by atoms with Gasteiger partial charge < -0.3 is 5.32 Å². The maximum absolute atomic E-state index is 13.7. The fraction of sp³-hybridized carbons (Fsp3) is 0.192. The molecule has 3 rings (SSSR count). The number of rotatable bonds is 8. The standard InChI is InChI=1S/C26H24FNO3/c1-18(2)24(30)26(20-9-5-3-6-10-20,25(31)28-22-11-7-4-8-12-22)17-23(29)19-13-15-21(27)16-14-19/h3-16,18H,17H2,1-2H3,(H,28,31). The molecule has 3 aromatic carbocycles. The van der Waals surface area contributed by atoms with Crippen LogP contribution in [0.4, 0.5) is 10.1 Å². The average Bonchev–Trinajstić information content (AvgIpc) is 2.78. The highest BCUT2D eigenvalue weighted by Gasteiger charge is 2.49. The Labute approximate surface area is 181 Å². The summed E-state index contributed by atoms with van der Waals surface area (Å²) in [5, 5.41) is 2.81. The van der Waals surface area contributed by atoms with Crippen molar-refractivity contribution in [3.8, 4) is 0 Å². The first kappa shape index (κ1) is 22.1. The number of benzene rings is 3. The molecular formula is C26H24FNO3. The van der Waals surface area contributed by atoms with Crippen molar-refractivity contribution in [2.75, 3.05) is 5.32 Å². The van der Waals surface area contributed by atoms with Crippen molar-refractivity contribution in [1.82, 2.24) is 0 Å². The van der Waals surface area contributed by atoms with E-state index in [1.165, 1.54) is 24.3 Å². The van der Waals surface area contributed by atoms with Crippen LogP contribution < -0.4 is 5.32 Å². The van der Waals surface area contributed by atoms with Crippen molar-refractivity contribution in [1.29, 1.82) is 0 Å². The Bertz CT molecular complexity index is 1060. The lowest BCUT2D eigenvalue weighted by atomic mass is 9.68. The van der Waals surface area contributed by atoms with Crippen molar-refractivity contribution < 1.29 is 18.8 Å². The smallest absolute Gasteiger partial charge is 0.243 e. The van der Waals surface area contributed by atoms with E-state index in [1.54, 1.807) is 68.4 Å². The number of anilines is 1. The number of nitrogens with one attached hydrogen (secondary N) is 1. The molecule has 0 fully saturated rings. The number of hydrogen-bond donors (Lipinski definition) is 1. The third kappa shape index (κ3) is 4.77. The summed E-state index contributed by atoms with van der Waals surface area (Å²) in [5.41, 5.74) is -0.515. The van der Waals surface area contributed by atoms with Gasteiger partial charge in [0.15, 0.2) is 11.6 Å². The van der Waals surface area contributed by atoms with Gasteiger partial charge in [0.05, 0.1) is 0 Å². The second-order valence-corrected chi connectivity index (χ2v) is 7.72. The van der Waals surface area contributed by atoms with E-state index in [9.17, 15) is 18.8 Å². The lowest BCUT2D eigenvalue weighted by molar-refractivity contribution is -0.135. The van der Waals surface area contributed by atoms with Gasteiger partial charge in [-0.1, -0.05) is 62.4 Å². The van der Waals surface area contributed by atoms with Crippen LogP contribution in [0.3, 0.4) is 0 Å². The van der Waals surface area contributed by atoms with E-state index in [0.29, 0.717) is 11.3 Å². The van der Waals surface area contributed by atoms with Crippen molar-refractivity contribution in [3.05, 3.63) is 102 Å². The summed E-state index contributed by atoms with van der Waals surface area (Å²) in [4.78, 5) is 40.4. The van der Waals surface area contributed by atoms with E-state index in [4.69, 9.17) is 0 Å². The Morgan fingerprint density at radius 3 is 1.94 bits per heavy atom. The van der Waals surface area contributed by atoms with Gasteiger partial charge in [-0.2, -0.15) is 0 Å². The zero-order valence-electron chi connectivity index (χ0n) is 17.5. The summed E-state index contributed by atoms with van der Waals surface area (Å²) in [7, 11) is 0. The molecule has 4 nitrogen and oxygen atoms in total. The Morgan fingerprint density at radius 1 is 0.839 bits per heavy atom. The molecule has 158 valence electrons. The van der Waals surface area contributed by atoms with Crippen LogP contribution in [0, 0.1) is 11.7 Å². The Kier molecular flexibility index (Phi) is 6.75. The van der Waals surface area contributed by atoms with Crippen LogP contribution in [0.2, 0.25) is 0 Å². The minimum absolute atomic E-state index is 0.241. The monoisotopic (exact) mass is 417 g/mol. The first-order valence-electron chi connectivity index (χ1n) is 10.1. The molecule has 3 aromatic rings. The van der Waals surface area contributed by atoms with Crippen LogP contribution >= 0.6 is 0 Å². The van der Waals surface area contributed by atoms with Crippen LogP contribution in [0.15, 0.2) is 84.9 Å². The van der Waals surface area contributed by atoms with E-state index in [0.717, 1.165) is 0 Å². The van der Waals surface area contributed by atoms with Gasteiger partial charge in [-0.3, -0.25) is 14.4 Å². The Balaban J connectivity index is 2.11. The third-order valence-electron chi connectivity index (χ3n) is 5.22. The largest absolute Gasteiger partial charge is 0.325 e.